The molecular formula is C18H18N4O7. The zero-order chi connectivity index (χ0) is 21.4. The van der Waals surface area contributed by atoms with Crippen molar-refractivity contribution in [1.29, 1.82) is 0 Å². The highest BCUT2D eigenvalue weighted by molar-refractivity contribution is 5.90. The number of methoxy groups -OCH3 is 1. The lowest BCUT2D eigenvalue weighted by Gasteiger charge is -2.08. The monoisotopic (exact) mass is 402 g/mol. The number of benzene rings is 1. The van der Waals surface area contributed by atoms with E-state index in [1.165, 1.54) is 7.11 Å². The predicted molar refractivity (Wildman–Crippen MR) is 101 cm³/mol. The standard InChI is InChI=1S/C18H18N4O7/c1-29-18(26)9-19-15(23)8-12-2-4-13(5-3-12)20-16(24)11-21-10-14(22(27)28)6-7-17(21)25/h2-7,10H,8-9,11H2,1H3,(H,19,23)(H,20,24). The normalized spacial score (nSPS) is 10.1. The largest absolute Gasteiger partial charge is 0.468 e. The second-order valence-corrected chi connectivity index (χ2v) is 5.89. The van der Waals surface area contributed by atoms with E-state index in [1.54, 1.807) is 24.3 Å². The van der Waals surface area contributed by atoms with Crippen LogP contribution in [0.1, 0.15) is 5.56 Å². The van der Waals surface area contributed by atoms with E-state index in [0.29, 0.717) is 11.3 Å². The van der Waals surface area contributed by atoms with Crippen LogP contribution >= 0.6 is 0 Å². The number of aromatic nitrogens is 1. The second-order valence-electron chi connectivity index (χ2n) is 5.89. The number of hydrogen-bond donors (Lipinski definition) is 2. The van der Waals surface area contributed by atoms with Gasteiger partial charge in [0.25, 0.3) is 11.2 Å². The lowest BCUT2D eigenvalue weighted by molar-refractivity contribution is -0.385. The zero-order valence-corrected chi connectivity index (χ0v) is 15.4. The first kappa shape index (κ1) is 21.3. The molecule has 1 heterocycles. The van der Waals surface area contributed by atoms with Crippen LogP contribution in [0.2, 0.25) is 0 Å². The van der Waals surface area contributed by atoms with Gasteiger partial charge in [0.1, 0.15) is 13.1 Å². The highest BCUT2D eigenvalue weighted by Gasteiger charge is 2.11. The van der Waals surface area contributed by atoms with Gasteiger partial charge < -0.3 is 15.4 Å². The molecule has 0 saturated heterocycles. The molecule has 0 radical (unpaired) electrons. The van der Waals surface area contributed by atoms with E-state index in [4.69, 9.17) is 0 Å². The summed E-state index contributed by atoms with van der Waals surface area (Å²) in [6, 6.07) is 8.45. The first-order chi connectivity index (χ1) is 13.8. The highest BCUT2D eigenvalue weighted by atomic mass is 16.6. The van der Waals surface area contributed by atoms with Gasteiger partial charge >= 0.3 is 5.97 Å². The molecule has 0 aliphatic heterocycles. The van der Waals surface area contributed by atoms with E-state index in [2.05, 4.69) is 15.4 Å². The summed E-state index contributed by atoms with van der Waals surface area (Å²) in [5.74, 6) is -1.47. The molecule has 0 fully saturated rings. The van der Waals surface area contributed by atoms with Crippen molar-refractivity contribution >= 4 is 29.2 Å². The molecule has 29 heavy (non-hydrogen) atoms. The Bertz CT molecular complexity index is 982. The van der Waals surface area contributed by atoms with E-state index >= 15 is 0 Å². The number of amides is 2. The number of nitrogens with one attached hydrogen (secondary N) is 2. The van der Waals surface area contributed by atoms with Crippen LogP contribution in [-0.2, 0) is 32.1 Å². The Labute approximate surface area is 164 Å². The van der Waals surface area contributed by atoms with Crippen LogP contribution < -0.4 is 16.2 Å². The molecule has 2 rings (SSSR count). The Morgan fingerprint density at radius 2 is 1.79 bits per heavy atom. The summed E-state index contributed by atoms with van der Waals surface area (Å²) in [6.45, 7) is -0.612. The molecule has 1 aromatic carbocycles. The maximum Gasteiger partial charge on any atom is 0.325 e. The second kappa shape index (κ2) is 9.78. The van der Waals surface area contributed by atoms with Crippen molar-refractivity contribution < 1.29 is 24.0 Å². The van der Waals surface area contributed by atoms with Crippen LogP contribution in [0.4, 0.5) is 11.4 Å². The molecule has 1 aromatic heterocycles. The van der Waals surface area contributed by atoms with E-state index in [-0.39, 0.29) is 24.6 Å². The molecule has 0 unspecified atom stereocenters. The van der Waals surface area contributed by atoms with Crippen molar-refractivity contribution in [2.75, 3.05) is 19.0 Å². The maximum absolute atomic E-state index is 12.1. The Morgan fingerprint density at radius 1 is 1.10 bits per heavy atom. The fraction of sp³-hybridized carbons (Fsp3) is 0.222. The summed E-state index contributed by atoms with van der Waals surface area (Å²) in [7, 11) is 1.22. The molecular weight excluding hydrogens is 384 g/mol. The molecule has 0 saturated carbocycles. The van der Waals surface area contributed by atoms with Gasteiger partial charge in [-0.3, -0.25) is 33.9 Å². The first-order valence-electron chi connectivity index (χ1n) is 8.35. The van der Waals surface area contributed by atoms with Crippen molar-refractivity contribution in [3.05, 3.63) is 68.6 Å². The fourth-order valence-electron chi connectivity index (χ4n) is 2.30. The maximum atomic E-state index is 12.1. The molecule has 0 spiro atoms. The van der Waals surface area contributed by atoms with Crippen molar-refractivity contribution in [3.8, 4) is 0 Å². The number of nitrogens with zero attached hydrogens (tertiary/aromatic N) is 2. The van der Waals surface area contributed by atoms with E-state index in [9.17, 15) is 29.3 Å². The Kier molecular flexibility index (Phi) is 7.18. The molecule has 0 atom stereocenters. The molecule has 0 aliphatic carbocycles. The lowest BCUT2D eigenvalue weighted by atomic mass is 10.1. The minimum atomic E-state index is -0.659. The van der Waals surface area contributed by atoms with Crippen LogP contribution in [0.5, 0.6) is 0 Å². The van der Waals surface area contributed by atoms with Crippen LogP contribution in [0.15, 0.2) is 47.4 Å². The summed E-state index contributed by atoms with van der Waals surface area (Å²) in [5.41, 5.74) is 0.235. The van der Waals surface area contributed by atoms with Gasteiger partial charge in [0.2, 0.25) is 11.8 Å². The van der Waals surface area contributed by atoms with Gasteiger partial charge in [0.05, 0.1) is 24.7 Å². The van der Waals surface area contributed by atoms with Gasteiger partial charge in [-0.25, -0.2) is 0 Å². The number of carbonyl (C=O) groups is 3. The third-order valence-corrected chi connectivity index (χ3v) is 3.75. The lowest BCUT2D eigenvalue weighted by Crippen LogP contribution is -2.31. The van der Waals surface area contributed by atoms with Crippen molar-refractivity contribution in [2.24, 2.45) is 0 Å². The summed E-state index contributed by atoms with van der Waals surface area (Å²) in [4.78, 5) is 56.7. The van der Waals surface area contributed by atoms with Gasteiger partial charge in [0, 0.05) is 17.8 Å². The number of pyridine rings is 1. The number of carbonyl (C=O) groups excluding carboxylic acids is 3. The van der Waals surface area contributed by atoms with E-state index in [1.807, 2.05) is 0 Å². The molecule has 2 amide bonds. The van der Waals surface area contributed by atoms with Gasteiger partial charge in [-0.05, 0) is 17.7 Å². The quantitative estimate of drug-likeness (QED) is 0.364. The summed E-state index contributed by atoms with van der Waals surface area (Å²) in [6.07, 6.45) is 1.03. The first-order valence-corrected chi connectivity index (χ1v) is 8.35. The van der Waals surface area contributed by atoms with Gasteiger partial charge in [-0.2, -0.15) is 0 Å². The van der Waals surface area contributed by atoms with Gasteiger partial charge in [-0.1, -0.05) is 12.1 Å². The van der Waals surface area contributed by atoms with Crippen molar-refractivity contribution in [3.63, 3.8) is 0 Å². The van der Waals surface area contributed by atoms with Crippen LogP contribution in [0.3, 0.4) is 0 Å². The molecule has 11 heteroatoms. The summed E-state index contributed by atoms with van der Waals surface area (Å²) >= 11 is 0. The minimum absolute atomic E-state index is 0.0360. The molecule has 2 aromatic rings. The molecule has 11 nitrogen and oxygen atoms in total. The fourth-order valence-corrected chi connectivity index (χ4v) is 2.30. The number of esters is 1. The molecule has 152 valence electrons. The van der Waals surface area contributed by atoms with Crippen molar-refractivity contribution in [2.45, 2.75) is 13.0 Å². The number of hydrogen-bond acceptors (Lipinski definition) is 7. The highest BCUT2D eigenvalue weighted by Crippen LogP contribution is 2.11. The van der Waals surface area contributed by atoms with Crippen LogP contribution in [-0.4, -0.2) is 40.9 Å². The van der Waals surface area contributed by atoms with Crippen LogP contribution in [0, 0.1) is 10.1 Å². The number of ether oxygens (including phenoxy) is 1. The molecule has 0 bridgehead atoms. The Balaban J connectivity index is 1.92. The predicted octanol–water partition coefficient (Wildman–Crippen LogP) is 0.227. The van der Waals surface area contributed by atoms with Gasteiger partial charge in [0.15, 0.2) is 0 Å². The topological polar surface area (TPSA) is 150 Å². The third kappa shape index (κ3) is 6.57. The van der Waals surface area contributed by atoms with Crippen molar-refractivity contribution in [1.82, 2.24) is 9.88 Å². The average Bonchev–Trinajstić information content (AvgIpc) is 2.69. The number of nitro groups is 1. The Morgan fingerprint density at radius 3 is 2.41 bits per heavy atom. The Hall–Kier alpha value is -4.02. The smallest absolute Gasteiger partial charge is 0.325 e. The van der Waals surface area contributed by atoms with Gasteiger partial charge in [-0.15, -0.1) is 0 Å². The SMILES string of the molecule is COC(=O)CNC(=O)Cc1ccc(NC(=O)Cn2cc([N+](=O)[O-])ccc2=O)cc1. The third-order valence-electron chi connectivity index (χ3n) is 3.75. The number of rotatable bonds is 8. The van der Waals surface area contributed by atoms with Crippen LogP contribution in [0.25, 0.3) is 0 Å². The van der Waals surface area contributed by atoms with E-state index in [0.717, 1.165) is 22.9 Å². The zero-order valence-electron chi connectivity index (χ0n) is 15.4. The molecule has 2 N–H and O–H groups in total. The average molecular weight is 402 g/mol. The number of anilines is 1. The van der Waals surface area contributed by atoms with E-state index < -0.39 is 28.9 Å². The summed E-state index contributed by atoms with van der Waals surface area (Å²) < 4.78 is 5.36. The minimum Gasteiger partial charge on any atom is -0.468 e. The summed E-state index contributed by atoms with van der Waals surface area (Å²) in [5, 5.41) is 15.8. The molecule has 0 aliphatic rings.